The topological polar surface area (TPSA) is 41.0 Å². The van der Waals surface area contributed by atoms with Gasteiger partial charge in [0.15, 0.2) is 11.0 Å². The maximum absolute atomic E-state index is 5.74. The van der Waals surface area contributed by atoms with Gasteiger partial charge in [0, 0.05) is 19.1 Å². The molecule has 0 amide bonds. The monoisotopic (exact) mass is 238 g/mol. The van der Waals surface area contributed by atoms with E-state index in [-0.39, 0.29) is 0 Å². The second-order valence-corrected chi connectivity index (χ2v) is 4.97. The van der Waals surface area contributed by atoms with E-state index < -0.39 is 0 Å². The lowest BCUT2D eigenvalue weighted by Crippen LogP contribution is -2.40. The number of fused-ring (bicyclic) bond motifs is 1. The Labute approximate surface area is 100.0 Å². The molecule has 0 saturated carbocycles. The van der Waals surface area contributed by atoms with Crippen molar-refractivity contribution in [1.82, 2.24) is 15.5 Å². The van der Waals surface area contributed by atoms with Crippen molar-refractivity contribution in [3.8, 4) is 0 Å². The van der Waals surface area contributed by atoms with Crippen LogP contribution >= 0.6 is 11.6 Å². The summed E-state index contributed by atoms with van der Waals surface area (Å²) in [5, 5.41) is 12.1. The minimum absolute atomic E-state index is 0.457. The Morgan fingerprint density at radius 1 is 1.31 bits per heavy atom. The Bertz CT molecular complexity index is 353. The van der Waals surface area contributed by atoms with E-state index in [9.17, 15) is 0 Å². The van der Waals surface area contributed by atoms with Crippen molar-refractivity contribution < 1.29 is 0 Å². The SMILES string of the molecule is Clc1ccc(N2C[C@@H]3CCCN[C@@H]3C2)nn1. The van der Waals surface area contributed by atoms with E-state index in [1.165, 1.54) is 12.8 Å². The Morgan fingerprint density at radius 2 is 2.25 bits per heavy atom. The molecule has 0 bridgehead atoms. The van der Waals surface area contributed by atoms with Crippen LogP contribution in [0.3, 0.4) is 0 Å². The second-order valence-electron chi connectivity index (χ2n) is 4.58. The average Bonchev–Trinajstić information content (AvgIpc) is 2.73. The molecule has 0 spiro atoms. The summed E-state index contributed by atoms with van der Waals surface area (Å²) in [4.78, 5) is 2.30. The molecule has 3 rings (SSSR count). The number of anilines is 1. The maximum atomic E-state index is 5.74. The highest BCUT2D eigenvalue weighted by Crippen LogP contribution is 2.27. The van der Waals surface area contributed by atoms with Gasteiger partial charge in [-0.2, -0.15) is 0 Å². The van der Waals surface area contributed by atoms with Crippen molar-refractivity contribution in [1.29, 1.82) is 0 Å². The summed E-state index contributed by atoms with van der Waals surface area (Å²) in [6.45, 7) is 3.29. The first kappa shape index (κ1) is 10.3. The fraction of sp³-hybridized carbons (Fsp3) is 0.636. The van der Waals surface area contributed by atoms with Gasteiger partial charge in [0.25, 0.3) is 0 Å². The maximum Gasteiger partial charge on any atom is 0.151 e. The van der Waals surface area contributed by atoms with E-state index in [1.54, 1.807) is 6.07 Å². The van der Waals surface area contributed by atoms with Crippen LogP contribution in [-0.2, 0) is 0 Å². The molecule has 0 aromatic carbocycles. The molecule has 1 aromatic rings. The predicted molar refractivity (Wildman–Crippen MR) is 63.8 cm³/mol. The van der Waals surface area contributed by atoms with Crippen LogP contribution in [0.25, 0.3) is 0 Å². The van der Waals surface area contributed by atoms with Gasteiger partial charge >= 0.3 is 0 Å². The van der Waals surface area contributed by atoms with Crippen molar-refractivity contribution in [2.75, 3.05) is 24.5 Å². The number of nitrogens with zero attached hydrogens (tertiary/aromatic N) is 3. The molecule has 3 heterocycles. The predicted octanol–water partition coefficient (Wildman–Crippen LogP) is 1.32. The number of rotatable bonds is 1. The molecule has 0 unspecified atom stereocenters. The Kier molecular flexibility index (Phi) is 2.69. The summed E-state index contributed by atoms with van der Waals surface area (Å²) < 4.78 is 0. The fourth-order valence-corrected chi connectivity index (χ4v) is 2.81. The molecule has 86 valence electrons. The van der Waals surface area contributed by atoms with Crippen molar-refractivity contribution in [3.05, 3.63) is 17.3 Å². The standard InChI is InChI=1S/C11H15ClN4/c12-10-3-4-11(15-14-10)16-6-8-2-1-5-13-9(8)7-16/h3-4,8-9,13H,1-2,5-7H2/t8-,9+/m0/s1. The number of piperidine rings is 1. The zero-order chi connectivity index (χ0) is 11.0. The molecular weight excluding hydrogens is 224 g/mol. The minimum atomic E-state index is 0.457. The number of hydrogen-bond acceptors (Lipinski definition) is 4. The zero-order valence-corrected chi connectivity index (χ0v) is 9.82. The molecule has 2 atom stereocenters. The summed E-state index contributed by atoms with van der Waals surface area (Å²) >= 11 is 5.74. The van der Waals surface area contributed by atoms with Gasteiger partial charge < -0.3 is 10.2 Å². The molecule has 16 heavy (non-hydrogen) atoms. The summed E-state index contributed by atoms with van der Waals surface area (Å²) in [7, 11) is 0. The van der Waals surface area contributed by atoms with Gasteiger partial charge in [0.2, 0.25) is 0 Å². The van der Waals surface area contributed by atoms with Crippen LogP contribution in [0, 0.1) is 5.92 Å². The van der Waals surface area contributed by atoms with Crippen LogP contribution in [0.4, 0.5) is 5.82 Å². The van der Waals surface area contributed by atoms with Crippen molar-refractivity contribution in [3.63, 3.8) is 0 Å². The Hall–Kier alpha value is -0.870. The average molecular weight is 239 g/mol. The van der Waals surface area contributed by atoms with Crippen LogP contribution in [0.1, 0.15) is 12.8 Å². The second kappa shape index (κ2) is 4.18. The van der Waals surface area contributed by atoms with Gasteiger partial charge in [-0.25, -0.2) is 0 Å². The number of hydrogen-bond donors (Lipinski definition) is 1. The largest absolute Gasteiger partial charge is 0.353 e. The highest BCUT2D eigenvalue weighted by atomic mass is 35.5. The number of aromatic nitrogens is 2. The molecule has 2 saturated heterocycles. The molecule has 5 heteroatoms. The molecule has 2 aliphatic rings. The third kappa shape index (κ3) is 1.87. The normalized spacial score (nSPS) is 29.2. The summed E-state index contributed by atoms with van der Waals surface area (Å²) in [6.07, 6.45) is 2.62. The van der Waals surface area contributed by atoms with E-state index >= 15 is 0 Å². The van der Waals surface area contributed by atoms with E-state index in [2.05, 4.69) is 20.4 Å². The number of halogens is 1. The van der Waals surface area contributed by atoms with Gasteiger partial charge in [-0.1, -0.05) is 11.6 Å². The lowest BCUT2D eigenvalue weighted by molar-refractivity contribution is 0.340. The van der Waals surface area contributed by atoms with Crippen molar-refractivity contribution >= 4 is 17.4 Å². The lowest BCUT2D eigenvalue weighted by Gasteiger charge is -2.24. The molecule has 0 aliphatic carbocycles. The summed E-state index contributed by atoms with van der Waals surface area (Å²) in [5.41, 5.74) is 0. The van der Waals surface area contributed by atoms with E-state index in [1.807, 2.05) is 6.07 Å². The first-order valence-electron chi connectivity index (χ1n) is 5.80. The van der Waals surface area contributed by atoms with Gasteiger partial charge in [-0.05, 0) is 37.4 Å². The Morgan fingerprint density at radius 3 is 3.00 bits per heavy atom. The van der Waals surface area contributed by atoms with Crippen LogP contribution < -0.4 is 10.2 Å². The quantitative estimate of drug-likeness (QED) is 0.801. The molecular formula is C11H15ClN4. The zero-order valence-electron chi connectivity index (χ0n) is 9.06. The Balaban J connectivity index is 1.75. The van der Waals surface area contributed by atoms with Gasteiger partial charge in [0.05, 0.1) is 0 Å². The van der Waals surface area contributed by atoms with Crippen LogP contribution in [-0.4, -0.2) is 35.9 Å². The number of nitrogens with one attached hydrogen (secondary N) is 1. The third-order valence-electron chi connectivity index (χ3n) is 3.54. The first-order valence-corrected chi connectivity index (χ1v) is 6.18. The molecule has 4 nitrogen and oxygen atoms in total. The lowest BCUT2D eigenvalue weighted by atomic mass is 9.94. The fourth-order valence-electron chi connectivity index (χ4n) is 2.71. The van der Waals surface area contributed by atoms with Crippen LogP contribution in [0.2, 0.25) is 5.15 Å². The van der Waals surface area contributed by atoms with Crippen LogP contribution in [0.15, 0.2) is 12.1 Å². The minimum Gasteiger partial charge on any atom is -0.353 e. The molecule has 2 fully saturated rings. The third-order valence-corrected chi connectivity index (χ3v) is 3.74. The van der Waals surface area contributed by atoms with Crippen molar-refractivity contribution in [2.24, 2.45) is 5.92 Å². The smallest absolute Gasteiger partial charge is 0.151 e. The van der Waals surface area contributed by atoms with Gasteiger partial charge in [-0.15, -0.1) is 10.2 Å². The molecule has 0 radical (unpaired) electrons. The van der Waals surface area contributed by atoms with Gasteiger partial charge in [-0.3, -0.25) is 0 Å². The molecule has 1 N–H and O–H groups in total. The molecule has 1 aromatic heterocycles. The molecule has 2 aliphatic heterocycles. The van der Waals surface area contributed by atoms with Crippen molar-refractivity contribution in [2.45, 2.75) is 18.9 Å². The summed E-state index contributed by atoms with van der Waals surface area (Å²) in [6, 6.07) is 4.39. The highest BCUT2D eigenvalue weighted by molar-refractivity contribution is 6.29. The first-order chi connectivity index (χ1) is 7.83. The summed E-state index contributed by atoms with van der Waals surface area (Å²) in [5.74, 6) is 1.71. The van der Waals surface area contributed by atoms with E-state index in [4.69, 9.17) is 11.6 Å². The van der Waals surface area contributed by atoms with Gasteiger partial charge in [0.1, 0.15) is 0 Å². The van der Waals surface area contributed by atoms with E-state index in [0.717, 1.165) is 31.4 Å². The highest BCUT2D eigenvalue weighted by Gasteiger charge is 2.34. The van der Waals surface area contributed by atoms with E-state index in [0.29, 0.717) is 11.2 Å². The van der Waals surface area contributed by atoms with Crippen LogP contribution in [0.5, 0.6) is 0 Å².